The molecule has 2 atom stereocenters. The molecule has 0 aliphatic carbocycles. The molecule has 22 heavy (non-hydrogen) atoms. The zero-order valence-electron chi connectivity index (χ0n) is 13.4. The molecule has 0 fully saturated rings. The Labute approximate surface area is 133 Å². The lowest BCUT2D eigenvalue weighted by Gasteiger charge is -2.34. The third-order valence-electron chi connectivity index (χ3n) is 3.98. The first-order valence-corrected chi connectivity index (χ1v) is 7.71. The van der Waals surface area contributed by atoms with Crippen LogP contribution in [0.2, 0.25) is 0 Å². The summed E-state index contributed by atoms with van der Waals surface area (Å²) in [5.74, 6) is 0. The molecule has 2 aromatic rings. The highest BCUT2D eigenvalue weighted by Crippen LogP contribution is 2.23. The van der Waals surface area contributed by atoms with Crippen LogP contribution in [0, 0.1) is 6.92 Å². The van der Waals surface area contributed by atoms with E-state index in [1.807, 2.05) is 25.1 Å². The maximum Gasteiger partial charge on any atom is 0.0857 e. The van der Waals surface area contributed by atoms with Gasteiger partial charge in [0.25, 0.3) is 0 Å². The van der Waals surface area contributed by atoms with Crippen LogP contribution >= 0.6 is 0 Å². The fraction of sp³-hybridized carbons (Fsp3) is 0.300. The van der Waals surface area contributed by atoms with E-state index >= 15 is 0 Å². The Morgan fingerprint density at radius 1 is 1.14 bits per heavy atom. The number of aliphatic hydroxyl groups is 1. The van der Waals surface area contributed by atoms with E-state index < -0.39 is 5.60 Å². The maximum absolute atomic E-state index is 10.8. The molecule has 2 N–H and O–H groups in total. The van der Waals surface area contributed by atoms with Crippen LogP contribution in [0.15, 0.2) is 67.3 Å². The van der Waals surface area contributed by atoms with Crippen molar-refractivity contribution in [3.63, 3.8) is 0 Å². The average molecular weight is 295 g/mol. The van der Waals surface area contributed by atoms with Gasteiger partial charge in [-0.05, 0) is 44.4 Å². The molecule has 0 amide bonds. The first kappa shape index (κ1) is 16.3. The number of nitrogens with one attached hydrogen (secondary N) is 1. The lowest BCUT2D eigenvalue weighted by molar-refractivity contribution is 0.0427. The summed E-state index contributed by atoms with van der Waals surface area (Å²) < 4.78 is 0. The van der Waals surface area contributed by atoms with Crippen molar-refractivity contribution in [2.45, 2.75) is 38.3 Å². The van der Waals surface area contributed by atoms with E-state index in [2.05, 4.69) is 55.2 Å². The van der Waals surface area contributed by atoms with E-state index in [1.165, 1.54) is 11.1 Å². The van der Waals surface area contributed by atoms with Gasteiger partial charge in [-0.25, -0.2) is 0 Å². The van der Waals surface area contributed by atoms with Crippen molar-refractivity contribution >= 4 is 5.69 Å². The highest BCUT2D eigenvalue weighted by atomic mass is 16.3. The number of benzene rings is 2. The molecule has 0 heterocycles. The Morgan fingerprint density at radius 3 is 2.36 bits per heavy atom. The number of aryl methyl sites for hydroxylation is 1. The van der Waals surface area contributed by atoms with Gasteiger partial charge in [-0.2, -0.15) is 0 Å². The molecule has 0 aliphatic rings. The Morgan fingerprint density at radius 2 is 1.77 bits per heavy atom. The van der Waals surface area contributed by atoms with E-state index in [1.54, 1.807) is 6.08 Å². The highest BCUT2D eigenvalue weighted by Gasteiger charge is 2.30. The monoisotopic (exact) mass is 295 g/mol. The molecule has 2 heteroatoms. The normalized spacial score (nSPS) is 14.9. The first-order chi connectivity index (χ1) is 10.5. The van der Waals surface area contributed by atoms with Crippen LogP contribution in [0.1, 0.15) is 24.5 Å². The van der Waals surface area contributed by atoms with E-state index in [0.717, 1.165) is 12.1 Å². The number of anilines is 1. The van der Waals surface area contributed by atoms with E-state index in [0.29, 0.717) is 6.42 Å². The topological polar surface area (TPSA) is 32.3 Å². The van der Waals surface area contributed by atoms with E-state index in [-0.39, 0.29) is 6.04 Å². The molecule has 0 saturated heterocycles. The van der Waals surface area contributed by atoms with Gasteiger partial charge in [0.2, 0.25) is 0 Å². The first-order valence-electron chi connectivity index (χ1n) is 7.71. The summed E-state index contributed by atoms with van der Waals surface area (Å²) >= 11 is 0. The van der Waals surface area contributed by atoms with Crippen molar-refractivity contribution in [2.24, 2.45) is 0 Å². The predicted molar refractivity (Wildman–Crippen MR) is 94.2 cm³/mol. The molecule has 0 radical (unpaired) electrons. The van der Waals surface area contributed by atoms with Crippen molar-refractivity contribution in [3.8, 4) is 0 Å². The molecular formula is C20H25NO. The lowest BCUT2D eigenvalue weighted by atomic mass is 9.87. The highest BCUT2D eigenvalue weighted by molar-refractivity contribution is 5.46. The number of hydrogen-bond donors (Lipinski definition) is 2. The van der Waals surface area contributed by atoms with Gasteiger partial charge in [-0.15, -0.1) is 6.58 Å². The van der Waals surface area contributed by atoms with Gasteiger partial charge in [0.1, 0.15) is 0 Å². The van der Waals surface area contributed by atoms with Crippen molar-refractivity contribution < 1.29 is 5.11 Å². The standard InChI is InChI=1S/C20H25NO/c1-4-14-20(3,22)19(15-17-8-6-5-7-9-17)21-18-12-10-16(2)11-13-18/h4-13,19,21-22H,1,14-15H2,2-3H3/t19-,20-/m0/s1. The van der Waals surface area contributed by atoms with Crippen molar-refractivity contribution in [1.82, 2.24) is 0 Å². The minimum Gasteiger partial charge on any atom is -0.388 e. The third-order valence-corrected chi connectivity index (χ3v) is 3.98. The van der Waals surface area contributed by atoms with Gasteiger partial charge < -0.3 is 10.4 Å². The Kier molecular flexibility index (Phi) is 5.40. The molecule has 2 aromatic carbocycles. The van der Waals surface area contributed by atoms with Crippen LogP contribution in [-0.2, 0) is 6.42 Å². The molecule has 2 rings (SSSR count). The van der Waals surface area contributed by atoms with Gasteiger partial charge in [-0.3, -0.25) is 0 Å². The zero-order valence-corrected chi connectivity index (χ0v) is 13.4. The minimum absolute atomic E-state index is 0.0874. The second kappa shape index (κ2) is 7.28. The smallest absolute Gasteiger partial charge is 0.0857 e. The molecule has 0 aliphatic heterocycles. The fourth-order valence-corrected chi connectivity index (χ4v) is 2.56. The summed E-state index contributed by atoms with van der Waals surface area (Å²) in [6, 6.07) is 18.4. The maximum atomic E-state index is 10.8. The molecule has 0 unspecified atom stereocenters. The Balaban J connectivity index is 2.20. The van der Waals surface area contributed by atoms with Crippen molar-refractivity contribution in [1.29, 1.82) is 0 Å². The second-order valence-corrected chi connectivity index (χ2v) is 6.10. The molecule has 116 valence electrons. The summed E-state index contributed by atoms with van der Waals surface area (Å²) in [6.07, 6.45) is 3.08. The summed E-state index contributed by atoms with van der Waals surface area (Å²) in [5.41, 5.74) is 2.60. The average Bonchev–Trinajstić information content (AvgIpc) is 2.50. The molecule has 0 saturated carbocycles. The van der Waals surface area contributed by atoms with Crippen molar-refractivity contribution in [2.75, 3.05) is 5.32 Å². The van der Waals surface area contributed by atoms with Crippen LogP contribution in [0.4, 0.5) is 5.69 Å². The molecule has 0 spiro atoms. The van der Waals surface area contributed by atoms with Gasteiger partial charge in [0.05, 0.1) is 11.6 Å². The van der Waals surface area contributed by atoms with Gasteiger partial charge in [0.15, 0.2) is 0 Å². The van der Waals surface area contributed by atoms with Gasteiger partial charge in [0, 0.05) is 5.69 Å². The minimum atomic E-state index is -0.859. The fourth-order valence-electron chi connectivity index (χ4n) is 2.56. The van der Waals surface area contributed by atoms with Gasteiger partial charge in [-0.1, -0.05) is 54.1 Å². The number of hydrogen-bond acceptors (Lipinski definition) is 2. The molecule has 2 nitrogen and oxygen atoms in total. The molecular weight excluding hydrogens is 270 g/mol. The Bertz CT molecular complexity index is 587. The predicted octanol–water partition coefficient (Wildman–Crippen LogP) is 4.35. The molecule has 0 aromatic heterocycles. The third kappa shape index (κ3) is 4.47. The van der Waals surface area contributed by atoms with Gasteiger partial charge >= 0.3 is 0 Å². The lowest BCUT2D eigenvalue weighted by Crippen LogP contribution is -2.45. The summed E-state index contributed by atoms with van der Waals surface area (Å²) in [6.45, 7) is 7.70. The number of rotatable bonds is 7. The van der Waals surface area contributed by atoms with E-state index in [9.17, 15) is 5.11 Å². The van der Waals surface area contributed by atoms with Crippen LogP contribution in [0.3, 0.4) is 0 Å². The summed E-state index contributed by atoms with van der Waals surface area (Å²) in [7, 11) is 0. The zero-order chi connectivity index (χ0) is 16.0. The summed E-state index contributed by atoms with van der Waals surface area (Å²) in [5, 5.41) is 14.3. The van der Waals surface area contributed by atoms with Crippen LogP contribution in [0.5, 0.6) is 0 Å². The Hall–Kier alpha value is -2.06. The molecule has 0 bridgehead atoms. The summed E-state index contributed by atoms with van der Waals surface area (Å²) in [4.78, 5) is 0. The quantitative estimate of drug-likeness (QED) is 0.745. The van der Waals surface area contributed by atoms with Crippen LogP contribution < -0.4 is 5.32 Å². The van der Waals surface area contributed by atoms with Crippen molar-refractivity contribution in [3.05, 3.63) is 78.4 Å². The second-order valence-electron chi connectivity index (χ2n) is 6.10. The SMILES string of the molecule is C=CC[C@](C)(O)[C@H](Cc1ccccc1)Nc1ccc(C)cc1. The largest absolute Gasteiger partial charge is 0.388 e. The van der Waals surface area contributed by atoms with E-state index in [4.69, 9.17) is 0 Å². The van der Waals surface area contributed by atoms with Crippen LogP contribution in [-0.4, -0.2) is 16.7 Å². The van der Waals surface area contributed by atoms with Crippen LogP contribution in [0.25, 0.3) is 0 Å².